The summed E-state index contributed by atoms with van der Waals surface area (Å²) in [6.45, 7) is 1.97. The second-order valence-electron chi connectivity index (χ2n) is 8.76. The zero-order valence-electron chi connectivity index (χ0n) is 20.4. The number of nitrogens with one attached hydrogen (secondary N) is 2. The number of hydrogen-bond acceptors (Lipinski definition) is 4. The summed E-state index contributed by atoms with van der Waals surface area (Å²) in [5.74, 6) is -0.197. The molecule has 0 spiro atoms. The van der Waals surface area contributed by atoms with E-state index in [-0.39, 0.29) is 24.6 Å². The molecule has 7 nitrogen and oxygen atoms in total. The first kappa shape index (κ1) is 25.1. The monoisotopic (exact) mass is 575 g/mol. The maximum absolute atomic E-state index is 12.1. The maximum Gasteiger partial charge on any atom is 0.250 e. The third kappa shape index (κ3) is 5.16. The number of carbonyl (C=O) groups is 1. The Balaban J connectivity index is 1.58. The lowest BCUT2D eigenvalue weighted by Gasteiger charge is -2.29. The van der Waals surface area contributed by atoms with Crippen molar-refractivity contribution in [2.45, 2.75) is 19.0 Å². The summed E-state index contributed by atoms with van der Waals surface area (Å²) in [5, 5.41) is 7.03. The molecule has 2 aromatic heterocycles. The normalized spacial score (nSPS) is 17.1. The molecule has 9 heteroatoms. The molecule has 1 fully saturated rings. The van der Waals surface area contributed by atoms with E-state index in [0.717, 1.165) is 38.5 Å². The van der Waals surface area contributed by atoms with Crippen LogP contribution in [0, 0.1) is 6.92 Å². The van der Waals surface area contributed by atoms with Gasteiger partial charge in [0.15, 0.2) is 5.11 Å². The molecule has 188 valence electrons. The number of carbonyl (C=O) groups excluding carboxylic acids is 1. The third-order valence-corrected chi connectivity index (χ3v) is 7.17. The molecule has 4 aromatic rings. The minimum Gasteiger partial charge on any atom is -0.375 e. The molecule has 0 radical (unpaired) electrons. The Labute approximate surface area is 229 Å². The summed E-state index contributed by atoms with van der Waals surface area (Å²) >= 11 is 9.43. The fourth-order valence-corrected chi connectivity index (χ4v) is 5.27. The van der Waals surface area contributed by atoms with Crippen LogP contribution in [0.2, 0.25) is 0 Å². The quantitative estimate of drug-likeness (QED) is 0.275. The van der Waals surface area contributed by atoms with E-state index in [1.54, 1.807) is 6.20 Å². The van der Waals surface area contributed by atoms with Gasteiger partial charge in [0.1, 0.15) is 12.6 Å². The van der Waals surface area contributed by atoms with Gasteiger partial charge in [0.2, 0.25) is 5.91 Å². The molecule has 2 N–H and O–H groups in total. The van der Waals surface area contributed by atoms with Crippen molar-refractivity contribution in [3.8, 4) is 5.69 Å². The zero-order chi connectivity index (χ0) is 25.9. The van der Waals surface area contributed by atoms with Gasteiger partial charge in [0, 0.05) is 46.7 Å². The number of methoxy groups -OCH3 is 1. The standard InChI is InChI=1S/C28H26BrN5O2S/c1-18-16-21(12-13-22(18)31-25(35)17-36-2)34-27(26(32-28(34)37)23-6-3-4-14-30-23)24-7-5-15-33(24)20-10-8-19(29)9-11-20/h3-16,26-27H,17H2,1-2H3,(H,31,35)(H,32,37)/t26-,27-/m1/s1. The molecule has 2 aromatic carbocycles. The number of ether oxygens (including phenoxy) is 1. The van der Waals surface area contributed by atoms with Crippen LogP contribution in [-0.2, 0) is 9.53 Å². The van der Waals surface area contributed by atoms with Crippen LogP contribution in [0.3, 0.4) is 0 Å². The Morgan fingerprint density at radius 1 is 1.11 bits per heavy atom. The lowest BCUT2D eigenvalue weighted by Crippen LogP contribution is -2.30. The second kappa shape index (κ2) is 10.8. The number of aromatic nitrogens is 2. The van der Waals surface area contributed by atoms with Gasteiger partial charge in [-0.3, -0.25) is 9.78 Å². The molecule has 0 saturated carbocycles. The van der Waals surface area contributed by atoms with Gasteiger partial charge in [-0.2, -0.15) is 0 Å². The predicted molar refractivity (Wildman–Crippen MR) is 153 cm³/mol. The highest BCUT2D eigenvalue weighted by Gasteiger charge is 2.42. The largest absolute Gasteiger partial charge is 0.375 e. The fraction of sp³-hybridized carbons (Fsp3) is 0.179. The van der Waals surface area contributed by atoms with Crippen molar-refractivity contribution in [2.24, 2.45) is 0 Å². The van der Waals surface area contributed by atoms with E-state index in [0.29, 0.717) is 5.11 Å². The van der Waals surface area contributed by atoms with Crippen molar-refractivity contribution >= 4 is 50.5 Å². The molecular formula is C28H26BrN5O2S. The highest BCUT2D eigenvalue weighted by atomic mass is 79.9. The second-order valence-corrected chi connectivity index (χ2v) is 10.1. The molecule has 37 heavy (non-hydrogen) atoms. The topological polar surface area (TPSA) is 71.4 Å². The van der Waals surface area contributed by atoms with Gasteiger partial charge in [0.05, 0.1) is 11.7 Å². The first-order valence-electron chi connectivity index (χ1n) is 11.8. The van der Waals surface area contributed by atoms with E-state index >= 15 is 0 Å². The molecule has 0 bridgehead atoms. The number of amides is 1. The summed E-state index contributed by atoms with van der Waals surface area (Å²) in [6, 6.07) is 23.9. The number of hydrogen-bond donors (Lipinski definition) is 2. The Morgan fingerprint density at radius 2 is 1.89 bits per heavy atom. The van der Waals surface area contributed by atoms with Gasteiger partial charge in [-0.15, -0.1) is 0 Å². The highest BCUT2D eigenvalue weighted by molar-refractivity contribution is 9.10. The van der Waals surface area contributed by atoms with E-state index in [1.165, 1.54) is 7.11 Å². The molecule has 1 amide bonds. The molecule has 1 aliphatic heterocycles. The third-order valence-electron chi connectivity index (χ3n) is 6.32. The molecule has 3 heterocycles. The van der Waals surface area contributed by atoms with Crippen molar-refractivity contribution in [1.29, 1.82) is 0 Å². The summed E-state index contributed by atoms with van der Waals surface area (Å²) in [7, 11) is 1.50. The number of rotatable bonds is 7. The van der Waals surface area contributed by atoms with Gasteiger partial charge >= 0.3 is 0 Å². The van der Waals surface area contributed by atoms with Crippen molar-refractivity contribution < 1.29 is 9.53 Å². The number of nitrogens with zero attached hydrogens (tertiary/aromatic N) is 3. The molecule has 5 rings (SSSR count). The first-order chi connectivity index (χ1) is 18.0. The molecule has 1 saturated heterocycles. The van der Waals surface area contributed by atoms with Crippen LogP contribution in [0.25, 0.3) is 5.69 Å². The minimum absolute atomic E-state index is 0.00218. The SMILES string of the molecule is COCC(=O)Nc1ccc(N2C(=S)N[C@H](c3ccccn3)[C@H]2c2cccn2-c2ccc(Br)cc2)cc1C. The Kier molecular flexibility index (Phi) is 7.36. The van der Waals surface area contributed by atoms with Crippen molar-refractivity contribution in [2.75, 3.05) is 23.9 Å². The van der Waals surface area contributed by atoms with E-state index in [9.17, 15) is 4.79 Å². The predicted octanol–water partition coefficient (Wildman–Crippen LogP) is 5.71. The van der Waals surface area contributed by atoms with Gasteiger partial charge in [0.25, 0.3) is 0 Å². The summed E-state index contributed by atoms with van der Waals surface area (Å²) in [6.07, 6.45) is 3.86. The van der Waals surface area contributed by atoms with Gasteiger partial charge in [-0.1, -0.05) is 22.0 Å². The average molecular weight is 577 g/mol. The Bertz CT molecular complexity index is 1420. The first-order valence-corrected chi connectivity index (χ1v) is 13.0. The van der Waals surface area contributed by atoms with Gasteiger partial charge in [-0.25, -0.2) is 0 Å². The fourth-order valence-electron chi connectivity index (χ4n) is 4.66. The van der Waals surface area contributed by atoms with E-state index in [4.69, 9.17) is 17.0 Å². The lowest BCUT2D eigenvalue weighted by atomic mass is 10.00. The van der Waals surface area contributed by atoms with Crippen LogP contribution in [0.5, 0.6) is 0 Å². The molecule has 1 aliphatic rings. The molecule has 2 atom stereocenters. The number of pyridine rings is 1. The summed E-state index contributed by atoms with van der Waals surface area (Å²) < 4.78 is 8.15. The summed E-state index contributed by atoms with van der Waals surface area (Å²) in [5.41, 5.74) is 5.61. The molecule has 0 unspecified atom stereocenters. The smallest absolute Gasteiger partial charge is 0.250 e. The van der Waals surface area contributed by atoms with Crippen LogP contribution in [0.15, 0.2) is 89.7 Å². The maximum atomic E-state index is 12.1. The van der Waals surface area contributed by atoms with Crippen LogP contribution >= 0.6 is 28.1 Å². The highest BCUT2D eigenvalue weighted by Crippen LogP contribution is 2.43. The van der Waals surface area contributed by atoms with E-state index < -0.39 is 0 Å². The van der Waals surface area contributed by atoms with Gasteiger partial charge < -0.3 is 24.8 Å². The van der Waals surface area contributed by atoms with Crippen LogP contribution in [-0.4, -0.2) is 34.3 Å². The average Bonchev–Trinajstić information content (AvgIpc) is 3.51. The zero-order valence-corrected chi connectivity index (χ0v) is 22.8. The number of aryl methyl sites for hydroxylation is 1. The number of anilines is 2. The van der Waals surface area contributed by atoms with E-state index in [1.807, 2.05) is 61.5 Å². The van der Waals surface area contributed by atoms with Crippen molar-refractivity contribution in [1.82, 2.24) is 14.9 Å². The lowest BCUT2D eigenvalue weighted by molar-refractivity contribution is -0.119. The van der Waals surface area contributed by atoms with Crippen LogP contribution in [0.1, 0.15) is 29.0 Å². The van der Waals surface area contributed by atoms with Crippen molar-refractivity contribution in [3.63, 3.8) is 0 Å². The minimum atomic E-state index is -0.197. The molecule has 0 aliphatic carbocycles. The van der Waals surface area contributed by atoms with Crippen LogP contribution < -0.4 is 15.5 Å². The number of thiocarbonyl (C=S) groups is 1. The van der Waals surface area contributed by atoms with Gasteiger partial charge in [-0.05, 0) is 91.4 Å². The van der Waals surface area contributed by atoms with Crippen LogP contribution in [0.4, 0.5) is 11.4 Å². The van der Waals surface area contributed by atoms with E-state index in [2.05, 4.69) is 65.4 Å². The summed E-state index contributed by atoms with van der Waals surface area (Å²) in [4.78, 5) is 18.9. The molecular weight excluding hydrogens is 550 g/mol. The number of halogens is 1. The van der Waals surface area contributed by atoms with Crippen molar-refractivity contribution in [3.05, 3.63) is 107 Å². The Morgan fingerprint density at radius 3 is 2.59 bits per heavy atom. The number of benzene rings is 2. The Hall–Kier alpha value is -3.53.